The maximum atomic E-state index is 12.1. The Kier molecular flexibility index (Phi) is 7.83. The average molecular weight is 289 g/mol. The summed E-state index contributed by atoms with van der Waals surface area (Å²) in [6, 6.07) is 0. The number of amides is 1. The van der Waals surface area contributed by atoms with E-state index in [2.05, 4.69) is 5.32 Å². The van der Waals surface area contributed by atoms with Crippen LogP contribution in [0.15, 0.2) is 0 Å². The first-order valence-corrected chi connectivity index (χ1v) is 6.61. The summed E-state index contributed by atoms with van der Waals surface area (Å²) in [5, 5.41) is 11.7. The molecule has 0 aliphatic carbocycles. The molecule has 0 rings (SSSR count). The molecule has 0 unspecified atom stereocenters. The van der Waals surface area contributed by atoms with Crippen molar-refractivity contribution in [1.82, 2.24) is 5.32 Å². The third kappa shape index (κ3) is 5.16. The van der Waals surface area contributed by atoms with E-state index in [4.69, 9.17) is 9.47 Å². The zero-order valence-electron chi connectivity index (χ0n) is 12.4. The Morgan fingerprint density at radius 2 is 1.60 bits per heavy atom. The molecule has 1 atom stereocenters. The lowest BCUT2D eigenvalue weighted by molar-refractivity contribution is -0.168. The van der Waals surface area contributed by atoms with Crippen molar-refractivity contribution in [1.29, 1.82) is 0 Å². The van der Waals surface area contributed by atoms with Gasteiger partial charge in [-0.25, -0.2) is 9.59 Å². The summed E-state index contributed by atoms with van der Waals surface area (Å²) in [7, 11) is 0. The molecule has 7 nitrogen and oxygen atoms in total. The Labute approximate surface area is 118 Å². The lowest BCUT2D eigenvalue weighted by Gasteiger charge is -2.30. The van der Waals surface area contributed by atoms with E-state index in [0.717, 1.165) is 0 Å². The van der Waals surface area contributed by atoms with E-state index in [1.54, 1.807) is 13.8 Å². The van der Waals surface area contributed by atoms with Crippen LogP contribution in [0.5, 0.6) is 0 Å². The first kappa shape index (κ1) is 18.4. The summed E-state index contributed by atoms with van der Waals surface area (Å²) in [4.78, 5) is 35.6. The predicted octanol–water partition coefficient (Wildman–Crippen LogP) is 0.149. The summed E-state index contributed by atoms with van der Waals surface area (Å²) < 4.78 is 9.74. The van der Waals surface area contributed by atoms with Gasteiger partial charge in [-0.15, -0.1) is 0 Å². The van der Waals surface area contributed by atoms with Crippen LogP contribution in [-0.4, -0.2) is 47.8 Å². The lowest BCUT2D eigenvalue weighted by Crippen LogP contribution is -2.61. The Bertz CT molecular complexity index is 335. The number of hydrogen-bond donors (Lipinski definition) is 2. The summed E-state index contributed by atoms with van der Waals surface area (Å²) in [5.74, 6) is -2.32. The topological polar surface area (TPSA) is 102 Å². The Morgan fingerprint density at radius 3 is 1.90 bits per heavy atom. The van der Waals surface area contributed by atoms with Crippen LogP contribution in [0.4, 0.5) is 0 Å². The molecule has 0 saturated carbocycles. The van der Waals surface area contributed by atoms with E-state index >= 15 is 0 Å². The van der Waals surface area contributed by atoms with Crippen LogP contribution in [0.1, 0.15) is 40.5 Å². The van der Waals surface area contributed by atoms with Crippen molar-refractivity contribution in [2.45, 2.75) is 52.2 Å². The zero-order chi connectivity index (χ0) is 15.8. The van der Waals surface area contributed by atoms with Gasteiger partial charge in [-0.05, 0) is 33.6 Å². The van der Waals surface area contributed by atoms with Gasteiger partial charge in [0.15, 0.2) is 0 Å². The van der Waals surface area contributed by atoms with Crippen LogP contribution in [0, 0.1) is 0 Å². The third-order valence-corrected chi connectivity index (χ3v) is 2.57. The minimum absolute atomic E-state index is 0.0637. The van der Waals surface area contributed by atoms with Gasteiger partial charge < -0.3 is 19.9 Å². The molecule has 0 aliphatic rings. The SMILES string of the molecule is CCOC(=O)C(CC[C@@H](C)O)(NC(C)=O)C(=O)OCC. The van der Waals surface area contributed by atoms with Crippen molar-refractivity contribution in [2.24, 2.45) is 0 Å². The molecule has 0 heterocycles. The van der Waals surface area contributed by atoms with Gasteiger partial charge in [0, 0.05) is 6.92 Å². The maximum absolute atomic E-state index is 12.1. The van der Waals surface area contributed by atoms with Crippen LogP contribution in [0.2, 0.25) is 0 Å². The fourth-order valence-corrected chi connectivity index (χ4v) is 1.69. The van der Waals surface area contributed by atoms with E-state index in [1.165, 1.54) is 13.8 Å². The van der Waals surface area contributed by atoms with Crippen LogP contribution in [0.25, 0.3) is 0 Å². The second-order valence-electron chi connectivity index (χ2n) is 4.42. The second kappa shape index (κ2) is 8.52. The van der Waals surface area contributed by atoms with Crippen molar-refractivity contribution in [3.63, 3.8) is 0 Å². The molecule has 116 valence electrons. The molecular weight excluding hydrogens is 266 g/mol. The molecule has 2 N–H and O–H groups in total. The van der Waals surface area contributed by atoms with E-state index in [9.17, 15) is 19.5 Å². The number of ether oxygens (including phenoxy) is 2. The van der Waals surface area contributed by atoms with Gasteiger partial charge >= 0.3 is 11.9 Å². The highest BCUT2D eigenvalue weighted by Crippen LogP contribution is 2.19. The van der Waals surface area contributed by atoms with Gasteiger partial charge in [0.05, 0.1) is 19.3 Å². The number of aliphatic hydroxyl groups is 1. The second-order valence-corrected chi connectivity index (χ2v) is 4.42. The molecule has 0 radical (unpaired) electrons. The van der Waals surface area contributed by atoms with Crippen LogP contribution >= 0.6 is 0 Å². The van der Waals surface area contributed by atoms with E-state index in [-0.39, 0.29) is 26.1 Å². The Hall–Kier alpha value is -1.63. The van der Waals surface area contributed by atoms with Gasteiger partial charge in [0.25, 0.3) is 0 Å². The third-order valence-electron chi connectivity index (χ3n) is 2.57. The molecule has 1 amide bonds. The first-order valence-electron chi connectivity index (χ1n) is 6.61. The number of carbonyl (C=O) groups excluding carboxylic acids is 3. The Balaban J connectivity index is 5.42. The molecule has 0 bridgehead atoms. The molecule has 0 aromatic heterocycles. The summed E-state index contributed by atoms with van der Waals surface area (Å²) in [5.41, 5.74) is -1.91. The molecule has 0 aromatic rings. The summed E-state index contributed by atoms with van der Waals surface area (Å²) in [6.45, 7) is 6.03. The van der Waals surface area contributed by atoms with E-state index in [0.29, 0.717) is 0 Å². The van der Waals surface area contributed by atoms with Crippen LogP contribution in [0.3, 0.4) is 0 Å². The van der Waals surface area contributed by atoms with Crippen molar-refractivity contribution in [3.8, 4) is 0 Å². The number of esters is 2. The smallest absolute Gasteiger partial charge is 0.343 e. The van der Waals surface area contributed by atoms with E-state index in [1.807, 2.05) is 0 Å². The lowest BCUT2D eigenvalue weighted by atomic mass is 9.91. The molecular formula is C13H23NO6. The fourth-order valence-electron chi connectivity index (χ4n) is 1.69. The number of rotatable bonds is 8. The van der Waals surface area contributed by atoms with Crippen molar-refractivity contribution >= 4 is 17.8 Å². The quantitative estimate of drug-likeness (QED) is 0.487. The van der Waals surface area contributed by atoms with Crippen LogP contribution in [-0.2, 0) is 23.9 Å². The number of nitrogens with one attached hydrogen (secondary N) is 1. The summed E-state index contributed by atoms with van der Waals surface area (Å²) in [6.07, 6.45) is -0.688. The van der Waals surface area contributed by atoms with Crippen LogP contribution < -0.4 is 5.32 Å². The molecule has 0 aromatic carbocycles. The average Bonchev–Trinajstić information content (AvgIpc) is 2.34. The Morgan fingerprint density at radius 1 is 1.15 bits per heavy atom. The number of hydrogen-bond acceptors (Lipinski definition) is 6. The fraction of sp³-hybridized carbons (Fsp3) is 0.769. The normalized spacial score (nSPS) is 12.4. The minimum atomic E-state index is -1.91. The van der Waals surface area contributed by atoms with E-state index < -0.39 is 29.5 Å². The molecule has 0 saturated heterocycles. The van der Waals surface area contributed by atoms with Gasteiger partial charge in [-0.3, -0.25) is 4.79 Å². The largest absolute Gasteiger partial charge is 0.464 e. The first-order chi connectivity index (χ1) is 9.30. The molecule has 0 fully saturated rings. The van der Waals surface area contributed by atoms with Gasteiger partial charge in [0.2, 0.25) is 11.4 Å². The molecule has 0 aliphatic heterocycles. The summed E-state index contributed by atoms with van der Waals surface area (Å²) >= 11 is 0. The van der Waals surface area contributed by atoms with Gasteiger partial charge in [-0.1, -0.05) is 0 Å². The molecule has 7 heteroatoms. The predicted molar refractivity (Wildman–Crippen MR) is 70.7 cm³/mol. The maximum Gasteiger partial charge on any atom is 0.343 e. The monoisotopic (exact) mass is 289 g/mol. The standard InChI is InChI=1S/C13H23NO6/c1-5-19-11(17)13(14-10(4)16,8-7-9(3)15)12(18)20-6-2/h9,15H,5-8H2,1-4H3,(H,14,16)/t9-/m1/s1. The molecule has 0 spiro atoms. The molecule has 20 heavy (non-hydrogen) atoms. The van der Waals surface area contributed by atoms with Crippen molar-refractivity contribution < 1.29 is 29.0 Å². The van der Waals surface area contributed by atoms with Gasteiger partial charge in [0.1, 0.15) is 0 Å². The van der Waals surface area contributed by atoms with Gasteiger partial charge in [-0.2, -0.15) is 0 Å². The van der Waals surface area contributed by atoms with Crippen molar-refractivity contribution in [2.75, 3.05) is 13.2 Å². The zero-order valence-corrected chi connectivity index (χ0v) is 12.4. The highest BCUT2D eigenvalue weighted by atomic mass is 16.6. The number of carbonyl (C=O) groups is 3. The highest BCUT2D eigenvalue weighted by molar-refractivity contribution is 6.07. The minimum Gasteiger partial charge on any atom is -0.464 e. The van der Waals surface area contributed by atoms with Crippen molar-refractivity contribution in [3.05, 3.63) is 0 Å². The highest BCUT2D eigenvalue weighted by Gasteiger charge is 2.49. The number of aliphatic hydroxyl groups excluding tert-OH is 1.